The Bertz CT molecular complexity index is 882. The van der Waals surface area contributed by atoms with Crippen LogP contribution in [-0.4, -0.2) is 69.8 Å². The molecule has 12 heteroatoms. The molecule has 0 spiro atoms. The Labute approximate surface area is 209 Å². The molecule has 0 aromatic heterocycles. The van der Waals surface area contributed by atoms with Gasteiger partial charge in [-0.1, -0.05) is 44.2 Å². The van der Waals surface area contributed by atoms with Crippen LogP contribution in [0.2, 0.25) is 0 Å². The van der Waals surface area contributed by atoms with Gasteiger partial charge in [0.2, 0.25) is 17.7 Å². The predicted octanol–water partition coefficient (Wildman–Crippen LogP) is -0.0639. The number of nitrogens with two attached hydrogens (primary N) is 1. The van der Waals surface area contributed by atoms with Crippen molar-refractivity contribution in [3.8, 4) is 0 Å². The summed E-state index contributed by atoms with van der Waals surface area (Å²) < 4.78 is 0. The number of rotatable bonds is 15. The summed E-state index contributed by atoms with van der Waals surface area (Å²) in [4.78, 5) is 60.9. The first-order valence-electron chi connectivity index (χ1n) is 11.2. The lowest BCUT2D eigenvalue weighted by atomic mass is 10.0. The van der Waals surface area contributed by atoms with Crippen LogP contribution in [0.4, 0.5) is 0 Å². The highest BCUT2D eigenvalue weighted by atomic mass is 32.1. The number of hydrogen-bond acceptors (Lipinski definition) is 7. The fraction of sp³-hybridized carbons (Fsp3) is 0.522. The summed E-state index contributed by atoms with van der Waals surface area (Å²) in [6.07, 6.45) is -0.407. The predicted molar refractivity (Wildman–Crippen MR) is 132 cm³/mol. The van der Waals surface area contributed by atoms with Gasteiger partial charge >= 0.3 is 11.9 Å². The van der Waals surface area contributed by atoms with Gasteiger partial charge < -0.3 is 31.9 Å². The van der Waals surface area contributed by atoms with Crippen molar-refractivity contribution in [2.45, 2.75) is 63.7 Å². The van der Waals surface area contributed by atoms with Crippen LogP contribution in [-0.2, 0) is 30.4 Å². The van der Waals surface area contributed by atoms with E-state index in [1.54, 1.807) is 30.3 Å². The summed E-state index contributed by atoms with van der Waals surface area (Å²) in [5.41, 5.74) is 6.34. The van der Waals surface area contributed by atoms with Gasteiger partial charge in [-0.05, 0) is 24.3 Å². The lowest BCUT2D eigenvalue weighted by Gasteiger charge is -2.26. The molecule has 0 bridgehead atoms. The SMILES string of the molecule is CC(C)CC(NC(=O)C(CCC(=O)O)NC(=O)C(N)CS)C(=O)NC(Cc1ccccc1)C(=O)O. The van der Waals surface area contributed by atoms with Crippen molar-refractivity contribution in [1.82, 2.24) is 16.0 Å². The number of carbonyl (C=O) groups is 5. The molecule has 0 aliphatic heterocycles. The number of hydrogen-bond donors (Lipinski definition) is 7. The molecule has 0 heterocycles. The fourth-order valence-electron chi connectivity index (χ4n) is 3.20. The maximum atomic E-state index is 13.0. The molecule has 0 aliphatic carbocycles. The molecule has 3 amide bonds. The Morgan fingerprint density at radius 1 is 0.886 bits per heavy atom. The molecule has 0 saturated heterocycles. The lowest BCUT2D eigenvalue weighted by molar-refractivity contribution is -0.142. The lowest BCUT2D eigenvalue weighted by Crippen LogP contribution is -2.57. The van der Waals surface area contributed by atoms with E-state index in [0.29, 0.717) is 5.56 Å². The van der Waals surface area contributed by atoms with Crippen molar-refractivity contribution >= 4 is 42.3 Å². The van der Waals surface area contributed by atoms with E-state index in [1.165, 1.54) is 0 Å². The van der Waals surface area contributed by atoms with E-state index in [4.69, 9.17) is 10.8 Å². The van der Waals surface area contributed by atoms with Gasteiger partial charge in [-0.2, -0.15) is 12.6 Å². The van der Waals surface area contributed by atoms with Crippen molar-refractivity contribution in [2.75, 3.05) is 5.75 Å². The van der Waals surface area contributed by atoms with E-state index in [2.05, 4.69) is 28.6 Å². The molecule has 7 N–H and O–H groups in total. The van der Waals surface area contributed by atoms with Gasteiger partial charge in [-0.25, -0.2) is 4.79 Å². The summed E-state index contributed by atoms with van der Waals surface area (Å²) in [6, 6.07) is 4.16. The van der Waals surface area contributed by atoms with Crippen LogP contribution in [0.1, 0.15) is 38.7 Å². The number of carboxylic acid groups (broad SMARTS) is 2. The number of thiol groups is 1. The van der Waals surface area contributed by atoms with Gasteiger partial charge in [-0.15, -0.1) is 0 Å². The van der Waals surface area contributed by atoms with E-state index in [-0.39, 0.29) is 30.9 Å². The molecule has 1 rings (SSSR count). The molecule has 1 aromatic rings. The van der Waals surface area contributed by atoms with E-state index in [0.717, 1.165) is 0 Å². The summed E-state index contributed by atoms with van der Waals surface area (Å²) in [5, 5.41) is 26.0. The van der Waals surface area contributed by atoms with Crippen LogP contribution in [0.5, 0.6) is 0 Å². The quantitative estimate of drug-likeness (QED) is 0.160. The molecule has 194 valence electrons. The van der Waals surface area contributed by atoms with Crippen molar-refractivity contribution < 1.29 is 34.2 Å². The molecular formula is C23H34N4O7S. The van der Waals surface area contributed by atoms with Gasteiger partial charge in [-0.3, -0.25) is 19.2 Å². The van der Waals surface area contributed by atoms with E-state index in [9.17, 15) is 29.1 Å². The van der Waals surface area contributed by atoms with Gasteiger partial charge in [0.25, 0.3) is 0 Å². The number of benzene rings is 1. The third kappa shape index (κ3) is 11.2. The zero-order chi connectivity index (χ0) is 26.5. The summed E-state index contributed by atoms with van der Waals surface area (Å²) >= 11 is 3.94. The molecule has 4 atom stereocenters. The van der Waals surface area contributed by atoms with Crippen LogP contribution in [0.15, 0.2) is 30.3 Å². The van der Waals surface area contributed by atoms with E-state index >= 15 is 0 Å². The molecule has 0 radical (unpaired) electrons. The molecule has 4 unspecified atom stereocenters. The molecule has 1 aromatic carbocycles. The van der Waals surface area contributed by atoms with E-state index < -0.39 is 60.2 Å². The first kappa shape index (κ1) is 29.9. The Balaban J connectivity index is 3.01. The normalized spacial score (nSPS) is 14.3. The highest BCUT2D eigenvalue weighted by Crippen LogP contribution is 2.09. The zero-order valence-corrected chi connectivity index (χ0v) is 20.7. The molecule has 0 saturated carbocycles. The monoisotopic (exact) mass is 510 g/mol. The second kappa shape index (κ2) is 15.0. The smallest absolute Gasteiger partial charge is 0.326 e. The Kier molecular flexibility index (Phi) is 12.8. The van der Waals surface area contributed by atoms with Gasteiger partial charge in [0.1, 0.15) is 18.1 Å². The Hall–Kier alpha value is -3.12. The first-order chi connectivity index (χ1) is 16.4. The third-order valence-corrected chi connectivity index (χ3v) is 5.44. The van der Waals surface area contributed by atoms with Gasteiger partial charge in [0.05, 0.1) is 6.04 Å². The maximum absolute atomic E-state index is 13.0. The second-order valence-electron chi connectivity index (χ2n) is 8.56. The van der Waals surface area contributed by atoms with Crippen LogP contribution >= 0.6 is 12.6 Å². The fourth-order valence-corrected chi connectivity index (χ4v) is 3.36. The Morgan fingerprint density at radius 3 is 1.94 bits per heavy atom. The minimum Gasteiger partial charge on any atom is -0.481 e. The topological polar surface area (TPSA) is 188 Å². The van der Waals surface area contributed by atoms with Crippen LogP contribution in [0.25, 0.3) is 0 Å². The van der Waals surface area contributed by atoms with Crippen LogP contribution in [0, 0.1) is 5.92 Å². The highest BCUT2D eigenvalue weighted by Gasteiger charge is 2.31. The van der Waals surface area contributed by atoms with Crippen molar-refractivity contribution in [1.29, 1.82) is 0 Å². The largest absolute Gasteiger partial charge is 0.481 e. The number of carboxylic acids is 2. The first-order valence-corrected chi connectivity index (χ1v) is 11.8. The van der Waals surface area contributed by atoms with Gasteiger partial charge in [0.15, 0.2) is 0 Å². The average Bonchev–Trinajstić information content (AvgIpc) is 2.80. The van der Waals surface area contributed by atoms with Crippen molar-refractivity contribution in [3.05, 3.63) is 35.9 Å². The maximum Gasteiger partial charge on any atom is 0.326 e. The average molecular weight is 511 g/mol. The zero-order valence-electron chi connectivity index (χ0n) is 19.8. The highest BCUT2D eigenvalue weighted by molar-refractivity contribution is 7.80. The Morgan fingerprint density at radius 2 is 1.43 bits per heavy atom. The van der Waals surface area contributed by atoms with E-state index in [1.807, 2.05) is 13.8 Å². The third-order valence-electron chi connectivity index (χ3n) is 5.05. The molecule has 0 aliphatic rings. The summed E-state index contributed by atoms with van der Waals surface area (Å²) in [5.74, 6) is -4.61. The van der Waals surface area contributed by atoms with Crippen LogP contribution < -0.4 is 21.7 Å². The summed E-state index contributed by atoms with van der Waals surface area (Å²) in [7, 11) is 0. The molecular weight excluding hydrogens is 476 g/mol. The second-order valence-corrected chi connectivity index (χ2v) is 8.93. The van der Waals surface area contributed by atoms with Crippen molar-refractivity contribution in [2.24, 2.45) is 11.7 Å². The number of aliphatic carboxylic acids is 2. The van der Waals surface area contributed by atoms with Crippen molar-refractivity contribution in [3.63, 3.8) is 0 Å². The molecule has 35 heavy (non-hydrogen) atoms. The number of amides is 3. The standard InChI is InChI=1S/C23H34N4O7S/c1-13(2)10-17(22(32)27-18(23(33)34)11-14-6-4-3-5-7-14)26-21(31)16(8-9-19(28)29)25-20(30)15(24)12-35/h3-7,13,15-18,35H,8-12,24H2,1-2H3,(H,25,30)(H,26,31)(H,27,32)(H,28,29)(H,33,34). The number of nitrogens with one attached hydrogen (secondary N) is 3. The molecule has 11 nitrogen and oxygen atoms in total. The van der Waals surface area contributed by atoms with Crippen LogP contribution in [0.3, 0.4) is 0 Å². The summed E-state index contributed by atoms with van der Waals surface area (Å²) in [6.45, 7) is 3.64. The minimum absolute atomic E-state index is 0.00940. The molecule has 0 fully saturated rings. The number of carbonyl (C=O) groups excluding carboxylic acids is 3. The minimum atomic E-state index is -1.26. The van der Waals surface area contributed by atoms with Gasteiger partial charge in [0, 0.05) is 18.6 Å².